The Labute approximate surface area is 161 Å². The van der Waals surface area contributed by atoms with Crippen molar-refractivity contribution in [2.45, 2.75) is 0 Å². The summed E-state index contributed by atoms with van der Waals surface area (Å²) >= 11 is 0. The summed E-state index contributed by atoms with van der Waals surface area (Å²) in [5.41, 5.74) is 7.08. The molecule has 0 N–H and O–H groups in total. The Morgan fingerprint density at radius 2 is 1.25 bits per heavy atom. The molecule has 0 spiro atoms. The van der Waals surface area contributed by atoms with Crippen molar-refractivity contribution in [3.63, 3.8) is 0 Å². The molecule has 0 atom stereocenters. The summed E-state index contributed by atoms with van der Waals surface area (Å²) in [7, 11) is 0. The molecule has 4 nitrogen and oxygen atoms in total. The van der Waals surface area contributed by atoms with Crippen LogP contribution in [0.3, 0.4) is 0 Å². The Morgan fingerprint density at radius 1 is 0.571 bits per heavy atom. The van der Waals surface area contributed by atoms with E-state index in [4.69, 9.17) is 9.97 Å². The van der Waals surface area contributed by atoms with Crippen molar-refractivity contribution in [1.29, 1.82) is 0 Å². The number of hydrogen-bond donors (Lipinski definition) is 0. The van der Waals surface area contributed by atoms with E-state index in [2.05, 4.69) is 57.5 Å². The second kappa shape index (κ2) is 5.79. The third-order valence-electron chi connectivity index (χ3n) is 5.15. The van der Waals surface area contributed by atoms with Crippen LogP contribution in [0, 0.1) is 0 Å². The third kappa shape index (κ3) is 2.12. The minimum Gasteiger partial charge on any atom is -0.300 e. The Hall–Kier alpha value is -3.92. The van der Waals surface area contributed by atoms with Gasteiger partial charge in [0.1, 0.15) is 22.5 Å². The highest BCUT2D eigenvalue weighted by atomic mass is 15.1. The van der Waals surface area contributed by atoms with E-state index in [1.54, 1.807) is 0 Å². The molecule has 0 saturated carbocycles. The van der Waals surface area contributed by atoms with Gasteiger partial charge in [0.2, 0.25) is 0 Å². The van der Waals surface area contributed by atoms with E-state index in [9.17, 15) is 0 Å². The number of aromatic nitrogens is 4. The SMILES string of the molecule is c1ccc(-c2nc3c4nc5ccccn5c4ccc3n2-c2ccccc2)cc1. The molecule has 0 unspecified atom stereocenters. The molecule has 6 aromatic rings. The van der Waals surface area contributed by atoms with Gasteiger partial charge in [-0.3, -0.25) is 8.97 Å². The molecule has 0 saturated heterocycles. The summed E-state index contributed by atoms with van der Waals surface area (Å²) in [6.07, 6.45) is 2.04. The number of benzene rings is 3. The first-order chi connectivity index (χ1) is 13.9. The Bertz CT molecular complexity index is 1440. The lowest BCUT2D eigenvalue weighted by Gasteiger charge is -2.09. The van der Waals surface area contributed by atoms with E-state index in [-0.39, 0.29) is 0 Å². The van der Waals surface area contributed by atoms with Crippen LogP contribution >= 0.6 is 0 Å². The van der Waals surface area contributed by atoms with E-state index >= 15 is 0 Å². The normalized spacial score (nSPS) is 11.6. The summed E-state index contributed by atoms with van der Waals surface area (Å²) in [4.78, 5) is 9.94. The predicted octanol–water partition coefficient (Wildman–Crippen LogP) is 5.49. The van der Waals surface area contributed by atoms with Crippen LogP contribution in [0.25, 0.3) is 44.8 Å². The second-order valence-corrected chi connectivity index (χ2v) is 6.81. The van der Waals surface area contributed by atoms with Crippen molar-refractivity contribution in [2.75, 3.05) is 0 Å². The molecule has 3 heterocycles. The van der Waals surface area contributed by atoms with Gasteiger partial charge in [-0.15, -0.1) is 0 Å². The van der Waals surface area contributed by atoms with E-state index < -0.39 is 0 Å². The van der Waals surface area contributed by atoms with Crippen LogP contribution in [0.2, 0.25) is 0 Å². The Kier molecular flexibility index (Phi) is 3.14. The first-order valence-corrected chi connectivity index (χ1v) is 9.29. The van der Waals surface area contributed by atoms with Gasteiger partial charge in [0.15, 0.2) is 0 Å². The maximum Gasteiger partial charge on any atom is 0.145 e. The maximum atomic E-state index is 5.07. The molecule has 0 aliphatic carbocycles. The molecule has 0 aliphatic heterocycles. The molecule has 0 fully saturated rings. The fourth-order valence-corrected chi connectivity index (χ4v) is 3.89. The number of hydrogen-bond acceptors (Lipinski definition) is 2. The van der Waals surface area contributed by atoms with Crippen LogP contribution in [-0.4, -0.2) is 18.9 Å². The Balaban J connectivity index is 1.77. The minimum atomic E-state index is 0.920. The van der Waals surface area contributed by atoms with Gasteiger partial charge >= 0.3 is 0 Å². The molecule has 3 aromatic heterocycles. The minimum absolute atomic E-state index is 0.920. The third-order valence-corrected chi connectivity index (χ3v) is 5.15. The Morgan fingerprint density at radius 3 is 2.07 bits per heavy atom. The molecule has 0 radical (unpaired) electrons. The number of para-hydroxylation sites is 1. The van der Waals surface area contributed by atoms with Crippen molar-refractivity contribution < 1.29 is 0 Å². The van der Waals surface area contributed by atoms with Gasteiger partial charge in [-0.05, 0) is 36.4 Å². The first-order valence-electron chi connectivity index (χ1n) is 9.29. The smallest absolute Gasteiger partial charge is 0.145 e. The van der Waals surface area contributed by atoms with Gasteiger partial charge in [0.25, 0.3) is 0 Å². The van der Waals surface area contributed by atoms with E-state index in [0.717, 1.165) is 44.8 Å². The van der Waals surface area contributed by atoms with Crippen molar-refractivity contribution in [3.8, 4) is 17.1 Å². The number of imidazole rings is 2. The van der Waals surface area contributed by atoms with E-state index in [0.29, 0.717) is 0 Å². The highest BCUT2D eigenvalue weighted by Gasteiger charge is 2.18. The lowest BCUT2D eigenvalue weighted by Crippen LogP contribution is -1.97. The zero-order valence-corrected chi connectivity index (χ0v) is 15.0. The van der Waals surface area contributed by atoms with Crippen LogP contribution < -0.4 is 0 Å². The number of rotatable bonds is 2. The van der Waals surface area contributed by atoms with Gasteiger partial charge in [-0.1, -0.05) is 54.6 Å². The monoisotopic (exact) mass is 360 g/mol. The number of pyridine rings is 1. The number of nitrogens with zero attached hydrogens (tertiary/aromatic N) is 4. The van der Waals surface area contributed by atoms with Gasteiger partial charge in [-0.2, -0.15) is 0 Å². The highest BCUT2D eigenvalue weighted by Crippen LogP contribution is 2.32. The largest absolute Gasteiger partial charge is 0.300 e. The van der Waals surface area contributed by atoms with Crippen LogP contribution in [0.4, 0.5) is 0 Å². The van der Waals surface area contributed by atoms with Crippen molar-refractivity contribution in [3.05, 3.63) is 97.2 Å². The molecule has 0 amide bonds. The predicted molar refractivity (Wildman–Crippen MR) is 113 cm³/mol. The molecule has 0 aliphatic rings. The van der Waals surface area contributed by atoms with Gasteiger partial charge in [0, 0.05) is 17.4 Å². The van der Waals surface area contributed by atoms with Crippen molar-refractivity contribution in [2.24, 2.45) is 0 Å². The molecule has 0 bridgehead atoms. The van der Waals surface area contributed by atoms with Gasteiger partial charge < -0.3 is 0 Å². The van der Waals surface area contributed by atoms with Crippen molar-refractivity contribution in [1.82, 2.24) is 18.9 Å². The van der Waals surface area contributed by atoms with Gasteiger partial charge in [-0.25, -0.2) is 9.97 Å². The molecule has 3 aromatic carbocycles. The summed E-state index contributed by atoms with van der Waals surface area (Å²) in [6, 6.07) is 31.0. The zero-order chi connectivity index (χ0) is 18.5. The summed E-state index contributed by atoms with van der Waals surface area (Å²) in [6.45, 7) is 0. The standard InChI is InChI=1S/C24H16N4/c1-3-9-17(10-4-1)24-26-23-20(28(24)18-11-5-2-6-12-18)15-14-19-22(23)25-21-13-7-8-16-27(19)21/h1-16H. The van der Waals surface area contributed by atoms with Crippen LogP contribution in [-0.2, 0) is 0 Å². The van der Waals surface area contributed by atoms with Crippen LogP contribution in [0.5, 0.6) is 0 Å². The van der Waals surface area contributed by atoms with Crippen LogP contribution in [0.1, 0.15) is 0 Å². The second-order valence-electron chi connectivity index (χ2n) is 6.81. The van der Waals surface area contributed by atoms with Gasteiger partial charge in [0.05, 0.1) is 11.0 Å². The quantitative estimate of drug-likeness (QED) is 0.409. The lowest BCUT2D eigenvalue weighted by atomic mass is 10.2. The molecular formula is C24H16N4. The van der Waals surface area contributed by atoms with Crippen molar-refractivity contribution >= 4 is 27.7 Å². The average molecular weight is 360 g/mol. The molecule has 28 heavy (non-hydrogen) atoms. The van der Waals surface area contributed by atoms with E-state index in [1.165, 1.54) is 0 Å². The fraction of sp³-hybridized carbons (Fsp3) is 0. The average Bonchev–Trinajstić information content (AvgIpc) is 3.33. The maximum absolute atomic E-state index is 5.07. The van der Waals surface area contributed by atoms with E-state index in [1.807, 2.05) is 48.7 Å². The summed E-state index contributed by atoms with van der Waals surface area (Å²) in [5.74, 6) is 0.923. The first kappa shape index (κ1) is 15.2. The summed E-state index contributed by atoms with van der Waals surface area (Å²) in [5, 5.41) is 0. The highest BCUT2D eigenvalue weighted by molar-refractivity contribution is 6.04. The molecule has 4 heteroatoms. The topological polar surface area (TPSA) is 35.1 Å². The lowest BCUT2D eigenvalue weighted by molar-refractivity contribution is 1.10. The molecule has 6 rings (SSSR count). The molecular weight excluding hydrogens is 344 g/mol. The van der Waals surface area contributed by atoms with Crippen LogP contribution in [0.15, 0.2) is 97.2 Å². The zero-order valence-electron chi connectivity index (χ0n) is 15.0. The molecule has 132 valence electrons. The summed E-state index contributed by atoms with van der Waals surface area (Å²) < 4.78 is 4.33. The number of fused-ring (bicyclic) bond motifs is 5. The fourth-order valence-electron chi connectivity index (χ4n) is 3.89.